The maximum absolute atomic E-state index is 11.7. The average molecular weight is 265 g/mol. The molecule has 1 aliphatic rings. The van der Waals surface area contributed by atoms with Gasteiger partial charge in [0.05, 0.1) is 0 Å². The third kappa shape index (κ3) is 3.16. The van der Waals surface area contributed by atoms with Crippen molar-refractivity contribution in [3.05, 3.63) is 24.0 Å². The van der Waals surface area contributed by atoms with Gasteiger partial charge in [-0.05, 0) is 38.2 Å². The molecule has 1 aromatic heterocycles. The summed E-state index contributed by atoms with van der Waals surface area (Å²) in [6, 6.07) is 3.71. The largest absolute Gasteiger partial charge is 0.384 e. The van der Waals surface area contributed by atoms with Crippen LogP contribution in [0.5, 0.6) is 0 Å². The first-order chi connectivity index (χ1) is 8.69. The van der Waals surface area contributed by atoms with Crippen LogP contribution in [-0.2, 0) is 0 Å². The molecule has 2 rings (SSSR count). The second-order valence-electron chi connectivity index (χ2n) is 4.53. The van der Waals surface area contributed by atoms with Crippen molar-refractivity contribution in [2.24, 2.45) is 0 Å². The van der Waals surface area contributed by atoms with Gasteiger partial charge in [-0.3, -0.25) is 9.78 Å². The maximum atomic E-state index is 11.7. The van der Waals surface area contributed by atoms with Crippen LogP contribution in [0.3, 0.4) is 0 Å². The number of pyridine rings is 1. The Morgan fingerprint density at radius 2 is 2.33 bits per heavy atom. The Kier molecular flexibility index (Phi) is 4.11. The maximum Gasteiger partial charge on any atom is 0.269 e. The van der Waals surface area contributed by atoms with Crippen molar-refractivity contribution in [3.8, 4) is 0 Å². The van der Waals surface area contributed by atoms with E-state index in [4.69, 9.17) is 0 Å². The van der Waals surface area contributed by atoms with E-state index < -0.39 is 0 Å². The highest BCUT2D eigenvalue weighted by molar-refractivity contribution is 8.00. The molecule has 0 aromatic carbocycles. The van der Waals surface area contributed by atoms with Crippen LogP contribution in [0.1, 0.15) is 30.3 Å². The molecule has 1 fully saturated rings. The predicted molar refractivity (Wildman–Crippen MR) is 76.2 cm³/mol. The molecule has 0 saturated heterocycles. The van der Waals surface area contributed by atoms with Crippen LogP contribution in [0.2, 0.25) is 0 Å². The summed E-state index contributed by atoms with van der Waals surface area (Å²) in [6.45, 7) is 3.47. The first-order valence-corrected chi connectivity index (χ1v) is 7.45. The van der Waals surface area contributed by atoms with E-state index in [1.54, 1.807) is 12.3 Å². The summed E-state index contributed by atoms with van der Waals surface area (Å²) in [4.78, 5) is 15.7. The Morgan fingerprint density at radius 1 is 1.56 bits per heavy atom. The summed E-state index contributed by atoms with van der Waals surface area (Å²) in [5.41, 5.74) is 1.43. The predicted octanol–water partition coefficient (Wildman–Crippen LogP) is 2.14. The molecule has 1 aromatic rings. The van der Waals surface area contributed by atoms with Crippen molar-refractivity contribution >= 4 is 23.4 Å². The molecule has 1 aliphatic carbocycles. The van der Waals surface area contributed by atoms with E-state index in [0.29, 0.717) is 17.0 Å². The Morgan fingerprint density at radius 3 is 2.94 bits per heavy atom. The number of nitrogens with zero attached hydrogens (tertiary/aromatic N) is 1. The van der Waals surface area contributed by atoms with Crippen molar-refractivity contribution < 1.29 is 4.79 Å². The van der Waals surface area contributed by atoms with Gasteiger partial charge in [-0.15, -0.1) is 0 Å². The van der Waals surface area contributed by atoms with Crippen LogP contribution in [0, 0.1) is 0 Å². The van der Waals surface area contributed by atoms with Crippen molar-refractivity contribution in [1.82, 2.24) is 10.3 Å². The van der Waals surface area contributed by atoms with E-state index in [1.165, 1.54) is 12.8 Å². The molecule has 1 saturated carbocycles. The minimum Gasteiger partial charge on any atom is -0.384 e. The van der Waals surface area contributed by atoms with E-state index >= 15 is 0 Å². The SMILES string of the molecule is CCNC(=O)c1cc(NCC2(SC)CC2)ccn1. The van der Waals surface area contributed by atoms with Gasteiger partial charge in [0.15, 0.2) is 0 Å². The lowest BCUT2D eigenvalue weighted by Gasteiger charge is -2.14. The molecular weight excluding hydrogens is 246 g/mol. The second kappa shape index (κ2) is 5.61. The third-order valence-corrected chi connectivity index (χ3v) is 4.60. The number of nitrogens with one attached hydrogen (secondary N) is 2. The highest BCUT2D eigenvalue weighted by Crippen LogP contribution is 2.46. The smallest absolute Gasteiger partial charge is 0.269 e. The molecule has 98 valence electrons. The number of aromatic nitrogens is 1. The Labute approximate surface area is 112 Å². The first kappa shape index (κ1) is 13.2. The van der Waals surface area contributed by atoms with Crippen LogP contribution >= 0.6 is 11.8 Å². The van der Waals surface area contributed by atoms with E-state index in [1.807, 2.05) is 24.8 Å². The fourth-order valence-electron chi connectivity index (χ4n) is 1.77. The van der Waals surface area contributed by atoms with Gasteiger partial charge in [-0.25, -0.2) is 0 Å². The van der Waals surface area contributed by atoms with Crippen LogP contribution in [-0.4, -0.2) is 35.0 Å². The normalized spacial score (nSPS) is 16.1. The van der Waals surface area contributed by atoms with Gasteiger partial charge in [-0.2, -0.15) is 11.8 Å². The van der Waals surface area contributed by atoms with Gasteiger partial charge in [-0.1, -0.05) is 0 Å². The van der Waals surface area contributed by atoms with E-state index in [2.05, 4.69) is 21.9 Å². The average Bonchev–Trinajstić information content (AvgIpc) is 3.18. The van der Waals surface area contributed by atoms with Gasteiger partial charge in [0.1, 0.15) is 5.69 Å². The Balaban J connectivity index is 1.97. The number of hydrogen-bond acceptors (Lipinski definition) is 4. The minimum absolute atomic E-state index is 0.118. The molecular formula is C13H19N3OS. The summed E-state index contributed by atoms with van der Waals surface area (Å²) in [5, 5.41) is 6.15. The molecule has 5 heteroatoms. The zero-order valence-electron chi connectivity index (χ0n) is 10.8. The van der Waals surface area contributed by atoms with E-state index in [-0.39, 0.29) is 5.91 Å². The van der Waals surface area contributed by atoms with Crippen molar-refractivity contribution in [2.75, 3.05) is 24.7 Å². The molecule has 0 aliphatic heterocycles. The summed E-state index contributed by atoms with van der Waals surface area (Å²) >= 11 is 1.92. The van der Waals surface area contributed by atoms with Gasteiger partial charge < -0.3 is 10.6 Å². The fourth-order valence-corrected chi connectivity index (χ4v) is 2.50. The number of hydrogen-bond donors (Lipinski definition) is 2. The fraction of sp³-hybridized carbons (Fsp3) is 0.538. The monoisotopic (exact) mass is 265 g/mol. The molecule has 0 atom stereocenters. The van der Waals surface area contributed by atoms with Gasteiger partial charge in [0, 0.05) is 29.7 Å². The number of amides is 1. The lowest BCUT2D eigenvalue weighted by atomic mass is 10.3. The van der Waals surface area contributed by atoms with Crippen LogP contribution in [0.4, 0.5) is 5.69 Å². The van der Waals surface area contributed by atoms with Crippen LogP contribution in [0.25, 0.3) is 0 Å². The second-order valence-corrected chi connectivity index (χ2v) is 5.80. The number of carbonyl (C=O) groups is 1. The van der Waals surface area contributed by atoms with Crippen LogP contribution < -0.4 is 10.6 Å². The minimum atomic E-state index is -0.118. The van der Waals surface area contributed by atoms with E-state index in [9.17, 15) is 4.79 Å². The Hall–Kier alpha value is -1.23. The van der Waals surface area contributed by atoms with Crippen molar-refractivity contribution in [3.63, 3.8) is 0 Å². The Bertz CT molecular complexity index is 432. The van der Waals surface area contributed by atoms with E-state index in [0.717, 1.165) is 12.2 Å². The van der Waals surface area contributed by atoms with Crippen LogP contribution in [0.15, 0.2) is 18.3 Å². The molecule has 0 spiro atoms. The first-order valence-electron chi connectivity index (χ1n) is 6.22. The molecule has 4 nitrogen and oxygen atoms in total. The number of thioether (sulfide) groups is 1. The lowest BCUT2D eigenvalue weighted by molar-refractivity contribution is 0.0951. The van der Waals surface area contributed by atoms with Crippen molar-refractivity contribution in [2.45, 2.75) is 24.5 Å². The van der Waals surface area contributed by atoms with Gasteiger partial charge >= 0.3 is 0 Å². The van der Waals surface area contributed by atoms with Gasteiger partial charge in [0.25, 0.3) is 5.91 Å². The standard InChI is InChI=1S/C13H19N3OS/c1-3-14-12(17)11-8-10(4-7-15-11)16-9-13(18-2)5-6-13/h4,7-8H,3,5-6,9H2,1-2H3,(H,14,17)(H,15,16). The summed E-state index contributed by atoms with van der Waals surface area (Å²) in [7, 11) is 0. The highest BCUT2D eigenvalue weighted by Gasteiger charge is 2.41. The third-order valence-electron chi connectivity index (χ3n) is 3.19. The summed E-state index contributed by atoms with van der Waals surface area (Å²) < 4.78 is 0.412. The molecule has 0 unspecified atom stereocenters. The molecule has 0 bridgehead atoms. The highest BCUT2D eigenvalue weighted by atomic mass is 32.2. The molecule has 1 amide bonds. The quantitative estimate of drug-likeness (QED) is 0.827. The topological polar surface area (TPSA) is 54.0 Å². The van der Waals surface area contributed by atoms with Crippen molar-refractivity contribution in [1.29, 1.82) is 0 Å². The molecule has 18 heavy (non-hydrogen) atoms. The number of rotatable bonds is 6. The zero-order chi connectivity index (χ0) is 13.0. The zero-order valence-corrected chi connectivity index (χ0v) is 11.6. The summed E-state index contributed by atoms with van der Waals surface area (Å²) in [5.74, 6) is -0.118. The lowest BCUT2D eigenvalue weighted by Crippen LogP contribution is -2.24. The summed E-state index contributed by atoms with van der Waals surface area (Å²) in [6.07, 6.45) is 6.37. The molecule has 0 radical (unpaired) electrons. The number of carbonyl (C=O) groups excluding carboxylic acids is 1. The van der Waals surface area contributed by atoms with Gasteiger partial charge in [0.2, 0.25) is 0 Å². The molecule has 2 N–H and O–H groups in total. The molecule has 1 heterocycles. The number of anilines is 1.